The van der Waals surface area contributed by atoms with Crippen molar-refractivity contribution in [3.05, 3.63) is 70.5 Å². The summed E-state index contributed by atoms with van der Waals surface area (Å²) in [7, 11) is 1.28. The number of esters is 2. The Hall–Kier alpha value is -4.32. The molecule has 1 heterocycles. The van der Waals surface area contributed by atoms with Crippen molar-refractivity contribution in [1.29, 1.82) is 5.41 Å². The van der Waals surface area contributed by atoms with Crippen LogP contribution < -0.4 is 20.7 Å². The molecule has 0 bridgehead atoms. The molecule has 12 heteroatoms. The van der Waals surface area contributed by atoms with Gasteiger partial charge in [-0.15, -0.1) is 0 Å². The summed E-state index contributed by atoms with van der Waals surface area (Å²) in [4.78, 5) is 42.8. The number of anilines is 2. The predicted molar refractivity (Wildman–Crippen MR) is 133 cm³/mol. The molecule has 10 nitrogen and oxygen atoms in total. The van der Waals surface area contributed by atoms with E-state index in [0.717, 1.165) is 17.4 Å². The van der Waals surface area contributed by atoms with Gasteiger partial charge in [0.05, 0.1) is 18.9 Å². The van der Waals surface area contributed by atoms with Crippen molar-refractivity contribution in [1.82, 2.24) is 4.98 Å². The number of halogens is 1. The predicted octanol–water partition coefficient (Wildman–Crippen LogP) is 3.43. The molecule has 0 spiro atoms. The summed E-state index contributed by atoms with van der Waals surface area (Å²) in [5, 5.41) is 10.6. The van der Waals surface area contributed by atoms with E-state index in [2.05, 4.69) is 15.0 Å². The second-order valence-electron chi connectivity index (χ2n) is 7.41. The average Bonchev–Trinajstić information content (AvgIpc) is 3.35. The van der Waals surface area contributed by atoms with Gasteiger partial charge in [0, 0.05) is 30.8 Å². The fraction of sp³-hybridized carbons (Fsp3) is 0.208. The van der Waals surface area contributed by atoms with Gasteiger partial charge in [-0.25, -0.2) is 19.0 Å². The van der Waals surface area contributed by atoms with Crippen LogP contribution in [0.4, 0.5) is 15.2 Å². The van der Waals surface area contributed by atoms with E-state index in [1.807, 2.05) is 11.8 Å². The zero-order valence-corrected chi connectivity index (χ0v) is 20.4. The number of ether oxygens (including phenoxy) is 2. The summed E-state index contributed by atoms with van der Waals surface area (Å²) in [6, 6.07) is 10.0. The fourth-order valence-electron chi connectivity index (χ4n) is 3.10. The number of hydrogen-bond acceptors (Lipinski definition) is 9. The van der Waals surface area contributed by atoms with E-state index < -0.39 is 17.8 Å². The van der Waals surface area contributed by atoms with Crippen molar-refractivity contribution in [3.8, 4) is 5.75 Å². The third kappa shape index (κ3) is 6.63. The van der Waals surface area contributed by atoms with Crippen LogP contribution in [0.2, 0.25) is 0 Å². The minimum atomic E-state index is -0.820. The minimum absolute atomic E-state index is 0.128. The number of amides is 1. The molecule has 4 N–H and O–H groups in total. The van der Waals surface area contributed by atoms with Crippen molar-refractivity contribution in [2.75, 3.05) is 30.4 Å². The number of hydrogen-bond donors (Lipinski definition) is 3. The molecule has 1 amide bonds. The van der Waals surface area contributed by atoms with E-state index in [1.165, 1.54) is 31.5 Å². The van der Waals surface area contributed by atoms with E-state index >= 15 is 0 Å². The number of amidine groups is 1. The molecule has 0 saturated carbocycles. The Morgan fingerprint density at radius 3 is 2.61 bits per heavy atom. The molecular weight excluding hydrogens is 489 g/mol. The first-order valence-corrected chi connectivity index (χ1v) is 11.6. The lowest BCUT2D eigenvalue weighted by Gasteiger charge is -2.19. The van der Waals surface area contributed by atoms with Gasteiger partial charge in [0.25, 0.3) is 0 Å². The van der Waals surface area contributed by atoms with Crippen LogP contribution in [0.1, 0.15) is 38.9 Å². The lowest BCUT2D eigenvalue weighted by molar-refractivity contribution is -0.116. The number of carbonyl (C=O) groups is 3. The Morgan fingerprint density at radius 1 is 1.17 bits per heavy atom. The molecule has 2 aromatic carbocycles. The van der Waals surface area contributed by atoms with Crippen LogP contribution in [0.5, 0.6) is 5.75 Å². The normalized spacial score (nSPS) is 10.4. The van der Waals surface area contributed by atoms with Crippen LogP contribution in [-0.2, 0) is 9.53 Å². The van der Waals surface area contributed by atoms with Crippen molar-refractivity contribution in [2.45, 2.75) is 13.3 Å². The standard InChI is InChI=1S/C24H24FN5O5S/c1-3-30(10-9-20(31)29-16-6-4-5-15(11-16)22(32)34-2)24-28-13-19(36-24)23(33)35-18-8-7-14(21(26)27)12-17(18)25/h4-8,11-13H,3,9-10H2,1-2H3,(H3,26,27)(H,29,31). The van der Waals surface area contributed by atoms with Crippen LogP contribution in [0.3, 0.4) is 0 Å². The third-order valence-corrected chi connectivity index (χ3v) is 6.01. The monoisotopic (exact) mass is 513 g/mol. The van der Waals surface area contributed by atoms with Crippen LogP contribution in [0.15, 0.2) is 48.7 Å². The van der Waals surface area contributed by atoms with Crippen molar-refractivity contribution in [2.24, 2.45) is 5.73 Å². The maximum Gasteiger partial charge on any atom is 0.355 e. The van der Waals surface area contributed by atoms with E-state index in [0.29, 0.717) is 29.5 Å². The van der Waals surface area contributed by atoms with Gasteiger partial charge in [0.15, 0.2) is 16.7 Å². The lowest BCUT2D eigenvalue weighted by Crippen LogP contribution is -2.27. The smallest absolute Gasteiger partial charge is 0.355 e. The molecule has 0 fully saturated rings. The highest BCUT2D eigenvalue weighted by Gasteiger charge is 2.19. The largest absolute Gasteiger partial charge is 0.465 e. The highest BCUT2D eigenvalue weighted by Crippen LogP contribution is 2.25. The van der Waals surface area contributed by atoms with Crippen molar-refractivity contribution >= 4 is 45.8 Å². The molecule has 36 heavy (non-hydrogen) atoms. The molecule has 0 radical (unpaired) electrons. The Morgan fingerprint density at radius 2 is 1.94 bits per heavy atom. The maximum absolute atomic E-state index is 14.2. The molecule has 188 valence electrons. The first-order chi connectivity index (χ1) is 17.2. The van der Waals surface area contributed by atoms with Gasteiger partial charge >= 0.3 is 11.9 Å². The summed E-state index contributed by atoms with van der Waals surface area (Å²) < 4.78 is 24.0. The zero-order chi connectivity index (χ0) is 26.2. The summed E-state index contributed by atoms with van der Waals surface area (Å²) in [5.41, 5.74) is 6.29. The third-order valence-electron chi connectivity index (χ3n) is 4.97. The number of nitrogen functional groups attached to an aromatic ring is 1. The number of methoxy groups -OCH3 is 1. The van der Waals surface area contributed by atoms with Crippen LogP contribution in [0.25, 0.3) is 0 Å². The zero-order valence-electron chi connectivity index (χ0n) is 19.5. The van der Waals surface area contributed by atoms with Gasteiger partial charge < -0.3 is 25.4 Å². The summed E-state index contributed by atoms with van der Waals surface area (Å²) in [6.07, 6.45) is 1.45. The number of nitrogens with two attached hydrogens (primary N) is 1. The molecule has 3 rings (SSSR count). The molecule has 0 atom stereocenters. The fourth-order valence-corrected chi connectivity index (χ4v) is 3.98. The summed E-state index contributed by atoms with van der Waals surface area (Å²) in [6.45, 7) is 2.72. The number of carbonyl (C=O) groups excluding carboxylic acids is 3. The lowest BCUT2D eigenvalue weighted by atomic mass is 10.2. The van der Waals surface area contributed by atoms with Crippen LogP contribution >= 0.6 is 11.3 Å². The second-order valence-corrected chi connectivity index (χ2v) is 8.41. The van der Waals surface area contributed by atoms with E-state index in [-0.39, 0.29) is 34.4 Å². The number of thiazole rings is 1. The maximum atomic E-state index is 14.2. The molecule has 0 aliphatic rings. The van der Waals surface area contributed by atoms with Gasteiger partial charge in [0.2, 0.25) is 5.91 Å². The number of aromatic nitrogens is 1. The number of nitrogens with one attached hydrogen (secondary N) is 2. The second kappa shape index (κ2) is 11.9. The molecule has 0 aliphatic heterocycles. The van der Waals surface area contributed by atoms with Crippen molar-refractivity contribution in [3.63, 3.8) is 0 Å². The van der Waals surface area contributed by atoms with Gasteiger partial charge in [0.1, 0.15) is 10.7 Å². The van der Waals surface area contributed by atoms with Crippen LogP contribution in [-0.4, -0.2) is 48.9 Å². The van der Waals surface area contributed by atoms with E-state index in [4.69, 9.17) is 15.9 Å². The Labute approximate surface area is 210 Å². The number of benzene rings is 2. The summed E-state index contributed by atoms with van der Waals surface area (Å²) >= 11 is 1.05. The van der Waals surface area contributed by atoms with Gasteiger partial charge in [-0.2, -0.15) is 0 Å². The summed E-state index contributed by atoms with van der Waals surface area (Å²) in [5.74, 6) is -2.97. The van der Waals surface area contributed by atoms with E-state index in [9.17, 15) is 18.8 Å². The SMILES string of the molecule is CCN(CCC(=O)Nc1cccc(C(=O)OC)c1)c1ncc(C(=O)Oc2ccc(C(=N)N)cc2F)s1. The molecular formula is C24H24FN5O5S. The molecule has 0 aliphatic carbocycles. The number of rotatable bonds is 10. The first-order valence-electron chi connectivity index (χ1n) is 10.8. The van der Waals surface area contributed by atoms with Gasteiger partial charge in [-0.3, -0.25) is 10.2 Å². The Bertz CT molecular complexity index is 1300. The highest BCUT2D eigenvalue weighted by atomic mass is 32.1. The average molecular weight is 514 g/mol. The molecule has 0 unspecified atom stereocenters. The molecule has 0 saturated heterocycles. The van der Waals surface area contributed by atoms with Crippen LogP contribution in [0, 0.1) is 11.2 Å². The molecule has 3 aromatic rings. The molecule has 1 aromatic heterocycles. The number of nitrogens with zero attached hydrogens (tertiary/aromatic N) is 2. The highest BCUT2D eigenvalue weighted by molar-refractivity contribution is 7.17. The minimum Gasteiger partial charge on any atom is -0.465 e. The first kappa shape index (κ1) is 26.3. The van der Waals surface area contributed by atoms with Gasteiger partial charge in [-0.05, 0) is 43.3 Å². The topological polar surface area (TPSA) is 148 Å². The Kier molecular flexibility index (Phi) is 8.68. The van der Waals surface area contributed by atoms with Crippen molar-refractivity contribution < 1.29 is 28.2 Å². The Balaban J connectivity index is 1.59. The van der Waals surface area contributed by atoms with Gasteiger partial charge in [-0.1, -0.05) is 17.4 Å². The van der Waals surface area contributed by atoms with E-state index in [1.54, 1.807) is 18.2 Å². The quantitative estimate of drug-likeness (QED) is 0.162.